The number of aliphatic hydroxyl groups is 1. The van der Waals surface area contributed by atoms with Crippen LogP contribution in [-0.4, -0.2) is 35.0 Å². The summed E-state index contributed by atoms with van der Waals surface area (Å²) in [4.78, 5) is 10.3. The third-order valence-corrected chi connectivity index (χ3v) is 1.53. The maximum absolute atomic E-state index is 10.3. The maximum Gasteiger partial charge on any atom is 0.332 e. The van der Waals surface area contributed by atoms with E-state index in [9.17, 15) is 4.79 Å². The number of carboxylic acid groups (broad SMARTS) is 1. The van der Waals surface area contributed by atoms with E-state index in [1.807, 2.05) is 0 Å². The minimum Gasteiger partial charge on any atom is -0.479 e. The molecular weight excluding hydrogens is 136 g/mol. The topological polar surface area (TPSA) is 66.8 Å². The van der Waals surface area contributed by atoms with Crippen molar-refractivity contribution in [3.05, 3.63) is 0 Å². The van der Waals surface area contributed by atoms with Crippen LogP contribution < -0.4 is 0 Å². The van der Waals surface area contributed by atoms with E-state index < -0.39 is 18.2 Å². The van der Waals surface area contributed by atoms with Gasteiger partial charge in [0.05, 0.1) is 12.7 Å². The van der Waals surface area contributed by atoms with Crippen molar-refractivity contribution in [2.45, 2.75) is 25.0 Å². The molecule has 4 heteroatoms. The largest absolute Gasteiger partial charge is 0.479 e. The van der Waals surface area contributed by atoms with Gasteiger partial charge in [-0.1, -0.05) is 0 Å². The van der Waals surface area contributed by atoms with Crippen molar-refractivity contribution in [1.82, 2.24) is 0 Å². The van der Waals surface area contributed by atoms with Gasteiger partial charge < -0.3 is 14.9 Å². The Kier molecular flexibility index (Phi) is 2.24. The highest BCUT2D eigenvalue weighted by Crippen LogP contribution is 2.13. The predicted molar refractivity (Wildman–Crippen MR) is 32.6 cm³/mol. The molecule has 1 saturated heterocycles. The van der Waals surface area contributed by atoms with E-state index >= 15 is 0 Å². The Labute approximate surface area is 58.4 Å². The van der Waals surface area contributed by atoms with E-state index in [1.165, 1.54) is 0 Å². The van der Waals surface area contributed by atoms with E-state index in [1.54, 1.807) is 0 Å². The highest BCUT2D eigenvalue weighted by atomic mass is 16.5. The van der Waals surface area contributed by atoms with Gasteiger partial charge in [-0.25, -0.2) is 4.79 Å². The Balaban J connectivity index is 2.39. The molecule has 2 N–H and O–H groups in total. The van der Waals surface area contributed by atoms with Gasteiger partial charge in [-0.2, -0.15) is 0 Å². The van der Waals surface area contributed by atoms with Gasteiger partial charge in [0, 0.05) is 6.42 Å². The van der Waals surface area contributed by atoms with E-state index in [0.717, 1.165) is 0 Å². The molecule has 1 aliphatic heterocycles. The molecule has 58 valence electrons. The first-order valence-corrected chi connectivity index (χ1v) is 3.22. The monoisotopic (exact) mass is 146 g/mol. The van der Waals surface area contributed by atoms with E-state index in [4.69, 9.17) is 14.9 Å². The fourth-order valence-electron chi connectivity index (χ4n) is 0.951. The minimum atomic E-state index is -0.987. The number of aliphatic carboxylic acids is 1. The van der Waals surface area contributed by atoms with Crippen LogP contribution in [0, 0.1) is 0 Å². The van der Waals surface area contributed by atoms with Crippen molar-refractivity contribution in [2.24, 2.45) is 0 Å². The number of rotatable bonds is 1. The molecule has 1 aliphatic rings. The molecule has 1 rings (SSSR count). The fourth-order valence-corrected chi connectivity index (χ4v) is 0.951. The van der Waals surface area contributed by atoms with Gasteiger partial charge in [0.2, 0.25) is 0 Å². The standard InChI is InChI=1S/C6H10O4/c7-4-1-2-10-5(3-4)6(8)9/h4-5,7H,1-3H2,(H,8,9). The van der Waals surface area contributed by atoms with Crippen LogP contribution >= 0.6 is 0 Å². The molecule has 0 saturated carbocycles. The predicted octanol–water partition coefficient (Wildman–Crippen LogP) is -0.389. The molecule has 0 amide bonds. The Morgan fingerprint density at radius 1 is 1.60 bits per heavy atom. The Bertz CT molecular complexity index is 134. The van der Waals surface area contributed by atoms with Crippen LogP contribution in [0.3, 0.4) is 0 Å². The zero-order valence-corrected chi connectivity index (χ0v) is 5.49. The van der Waals surface area contributed by atoms with Gasteiger partial charge in [-0.3, -0.25) is 0 Å². The van der Waals surface area contributed by atoms with Crippen LogP contribution in [0.25, 0.3) is 0 Å². The molecule has 0 radical (unpaired) electrons. The zero-order valence-electron chi connectivity index (χ0n) is 5.49. The molecule has 1 heterocycles. The number of carbonyl (C=O) groups is 1. The summed E-state index contributed by atoms with van der Waals surface area (Å²) < 4.78 is 4.85. The molecule has 0 aromatic carbocycles. The van der Waals surface area contributed by atoms with Gasteiger partial charge in [-0.05, 0) is 6.42 Å². The van der Waals surface area contributed by atoms with Crippen LogP contribution in [0.5, 0.6) is 0 Å². The van der Waals surface area contributed by atoms with Crippen LogP contribution in [-0.2, 0) is 9.53 Å². The number of aliphatic hydroxyl groups excluding tert-OH is 1. The normalized spacial score (nSPS) is 33.7. The molecular formula is C6H10O4. The minimum absolute atomic E-state index is 0.218. The summed E-state index contributed by atoms with van der Waals surface area (Å²) in [6, 6.07) is 0. The lowest BCUT2D eigenvalue weighted by Gasteiger charge is -2.22. The number of ether oxygens (including phenoxy) is 1. The van der Waals surface area contributed by atoms with Crippen LogP contribution in [0.4, 0.5) is 0 Å². The lowest BCUT2D eigenvalue weighted by molar-refractivity contribution is -0.157. The molecule has 1 fully saturated rings. The van der Waals surface area contributed by atoms with Crippen molar-refractivity contribution in [3.63, 3.8) is 0 Å². The van der Waals surface area contributed by atoms with Crippen molar-refractivity contribution >= 4 is 5.97 Å². The second-order valence-electron chi connectivity index (χ2n) is 2.38. The Hall–Kier alpha value is -0.610. The Morgan fingerprint density at radius 3 is 2.70 bits per heavy atom. The quantitative estimate of drug-likeness (QED) is 0.528. The molecule has 0 spiro atoms. The fraction of sp³-hybridized carbons (Fsp3) is 0.833. The highest BCUT2D eigenvalue weighted by Gasteiger charge is 2.26. The van der Waals surface area contributed by atoms with Gasteiger partial charge in [0.1, 0.15) is 0 Å². The lowest BCUT2D eigenvalue weighted by Crippen LogP contribution is -2.34. The van der Waals surface area contributed by atoms with Crippen LogP contribution in [0.15, 0.2) is 0 Å². The summed E-state index contributed by atoms with van der Waals surface area (Å²) in [6.45, 7) is 0.345. The van der Waals surface area contributed by atoms with Crippen molar-refractivity contribution in [3.8, 4) is 0 Å². The lowest BCUT2D eigenvalue weighted by atomic mass is 10.1. The third-order valence-electron chi connectivity index (χ3n) is 1.53. The average molecular weight is 146 g/mol. The van der Waals surface area contributed by atoms with Crippen LogP contribution in [0.2, 0.25) is 0 Å². The SMILES string of the molecule is O=C(O)C1CC(O)CCO1. The van der Waals surface area contributed by atoms with E-state index in [2.05, 4.69) is 0 Å². The van der Waals surface area contributed by atoms with Gasteiger partial charge >= 0.3 is 5.97 Å². The van der Waals surface area contributed by atoms with Gasteiger partial charge in [0.25, 0.3) is 0 Å². The van der Waals surface area contributed by atoms with Crippen molar-refractivity contribution in [1.29, 1.82) is 0 Å². The maximum atomic E-state index is 10.3. The molecule has 10 heavy (non-hydrogen) atoms. The zero-order chi connectivity index (χ0) is 7.56. The van der Waals surface area contributed by atoms with Crippen molar-refractivity contribution < 1.29 is 19.7 Å². The summed E-state index contributed by atoms with van der Waals surface area (Å²) in [7, 11) is 0. The van der Waals surface area contributed by atoms with Crippen molar-refractivity contribution in [2.75, 3.05) is 6.61 Å². The second kappa shape index (κ2) is 2.98. The summed E-state index contributed by atoms with van der Waals surface area (Å²) >= 11 is 0. The molecule has 2 unspecified atom stereocenters. The third kappa shape index (κ3) is 1.68. The molecule has 4 nitrogen and oxygen atoms in total. The van der Waals surface area contributed by atoms with E-state index in [-0.39, 0.29) is 6.42 Å². The number of hydrogen-bond donors (Lipinski definition) is 2. The highest BCUT2D eigenvalue weighted by molar-refractivity contribution is 5.72. The first kappa shape index (κ1) is 7.50. The molecule has 0 aliphatic carbocycles. The summed E-state index contributed by atoms with van der Waals surface area (Å²) in [5.41, 5.74) is 0. The summed E-state index contributed by atoms with van der Waals surface area (Å²) in [5, 5.41) is 17.4. The molecule has 0 aromatic rings. The average Bonchev–Trinajstić information content (AvgIpc) is 1.88. The smallest absolute Gasteiger partial charge is 0.332 e. The molecule has 0 bridgehead atoms. The molecule has 2 atom stereocenters. The first-order valence-electron chi connectivity index (χ1n) is 3.22. The molecule has 0 aromatic heterocycles. The first-order chi connectivity index (χ1) is 4.70. The summed E-state index contributed by atoms with van der Waals surface area (Å²) in [6.07, 6.45) is -0.544. The summed E-state index contributed by atoms with van der Waals surface area (Å²) in [5.74, 6) is -0.987. The Morgan fingerprint density at radius 2 is 2.30 bits per heavy atom. The van der Waals surface area contributed by atoms with E-state index in [0.29, 0.717) is 13.0 Å². The van der Waals surface area contributed by atoms with Crippen LogP contribution in [0.1, 0.15) is 12.8 Å². The van der Waals surface area contributed by atoms with Gasteiger partial charge in [-0.15, -0.1) is 0 Å². The number of carboxylic acids is 1. The van der Waals surface area contributed by atoms with Gasteiger partial charge in [0.15, 0.2) is 6.10 Å². The second-order valence-corrected chi connectivity index (χ2v) is 2.38. The number of hydrogen-bond acceptors (Lipinski definition) is 3.